The summed E-state index contributed by atoms with van der Waals surface area (Å²) >= 11 is 0. The zero-order valence-electron chi connectivity index (χ0n) is 14.3. The summed E-state index contributed by atoms with van der Waals surface area (Å²) in [5, 5.41) is 4.03. The van der Waals surface area contributed by atoms with Crippen LogP contribution in [0.5, 0.6) is 0 Å². The van der Waals surface area contributed by atoms with Crippen LogP contribution in [0.3, 0.4) is 0 Å². The molecule has 1 saturated heterocycles. The normalized spacial score (nSPS) is 15.6. The Morgan fingerprint density at radius 1 is 1.08 bits per heavy atom. The predicted octanol–water partition coefficient (Wildman–Crippen LogP) is 3.65. The molecule has 1 aromatic carbocycles. The molecule has 7 heteroatoms. The van der Waals surface area contributed by atoms with E-state index in [9.17, 15) is 4.39 Å². The topological polar surface area (TPSA) is 64.5 Å². The van der Waals surface area contributed by atoms with E-state index < -0.39 is 0 Å². The molecule has 0 saturated carbocycles. The number of nitrogens with zero attached hydrogens (tertiary/aromatic N) is 3. The summed E-state index contributed by atoms with van der Waals surface area (Å²) in [5.74, 6) is 0.838. The molecule has 1 aliphatic rings. The second kappa shape index (κ2) is 7.80. The van der Waals surface area contributed by atoms with Crippen LogP contribution < -0.4 is 0 Å². The maximum Gasteiger partial charge on any atom is 0.241 e. The highest BCUT2D eigenvalue weighted by molar-refractivity contribution is 5.51. The van der Waals surface area contributed by atoms with Crippen LogP contribution in [-0.4, -0.2) is 34.3 Å². The quantitative estimate of drug-likeness (QED) is 0.671. The van der Waals surface area contributed by atoms with Gasteiger partial charge in [-0.05, 0) is 36.6 Å². The van der Waals surface area contributed by atoms with Crippen LogP contribution in [0.4, 0.5) is 4.39 Å². The summed E-state index contributed by atoms with van der Waals surface area (Å²) in [5.41, 5.74) is 1.84. The molecule has 0 bridgehead atoms. The van der Waals surface area contributed by atoms with Gasteiger partial charge in [-0.15, -0.1) is 0 Å². The van der Waals surface area contributed by atoms with Crippen molar-refractivity contribution in [1.82, 2.24) is 15.0 Å². The van der Waals surface area contributed by atoms with E-state index in [2.05, 4.69) is 15.0 Å². The molecule has 0 aliphatic carbocycles. The average molecular weight is 357 g/mol. The van der Waals surface area contributed by atoms with Gasteiger partial charge < -0.3 is 13.7 Å². The lowest BCUT2D eigenvalue weighted by molar-refractivity contribution is 0.0239. The van der Waals surface area contributed by atoms with Gasteiger partial charge in [0.1, 0.15) is 12.1 Å². The molecule has 0 atom stereocenters. The van der Waals surface area contributed by atoms with Gasteiger partial charge in [0.2, 0.25) is 11.7 Å². The second-order valence-corrected chi connectivity index (χ2v) is 6.40. The molecular formula is C19H20FN3O3. The van der Waals surface area contributed by atoms with E-state index in [0.717, 1.165) is 37.2 Å². The van der Waals surface area contributed by atoms with Crippen LogP contribution in [-0.2, 0) is 17.8 Å². The monoisotopic (exact) mass is 357 g/mol. The molecule has 136 valence electrons. The van der Waals surface area contributed by atoms with Crippen molar-refractivity contribution in [2.45, 2.75) is 32.0 Å². The van der Waals surface area contributed by atoms with Gasteiger partial charge in [0.05, 0.1) is 18.4 Å². The largest absolute Gasteiger partial charge is 0.472 e. The smallest absolute Gasteiger partial charge is 0.241 e. The maximum absolute atomic E-state index is 13.2. The summed E-state index contributed by atoms with van der Waals surface area (Å²) in [7, 11) is 0. The Hall–Kier alpha value is -2.51. The lowest BCUT2D eigenvalue weighted by Gasteiger charge is -2.33. The fourth-order valence-corrected chi connectivity index (χ4v) is 3.19. The molecular weight excluding hydrogens is 337 g/mol. The molecule has 26 heavy (non-hydrogen) atoms. The van der Waals surface area contributed by atoms with Gasteiger partial charge in [-0.1, -0.05) is 17.3 Å². The van der Waals surface area contributed by atoms with E-state index in [1.807, 2.05) is 12.1 Å². The maximum atomic E-state index is 13.2. The fourth-order valence-electron chi connectivity index (χ4n) is 3.19. The van der Waals surface area contributed by atoms with Gasteiger partial charge in [0.25, 0.3) is 0 Å². The lowest BCUT2D eigenvalue weighted by atomic mass is 10.1. The lowest BCUT2D eigenvalue weighted by Crippen LogP contribution is -2.38. The Morgan fingerprint density at radius 3 is 2.62 bits per heavy atom. The van der Waals surface area contributed by atoms with Crippen LogP contribution in [0, 0.1) is 5.82 Å². The predicted molar refractivity (Wildman–Crippen MR) is 91.5 cm³/mol. The van der Waals surface area contributed by atoms with Crippen LogP contribution >= 0.6 is 0 Å². The minimum absolute atomic E-state index is 0.229. The van der Waals surface area contributed by atoms with E-state index in [1.54, 1.807) is 18.6 Å². The van der Waals surface area contributed by atoms with E-state index in [1.165, 1.54) is 12.1 Å². The third-order valence-corrected chi connectivity index (χ3v) is 4.59. The molecule has 0 N–H and O–H groups in total. The first-order valence-corrected chi connectivity index (χ1v) is 8.69. The Morgan fingerprint density at radius 2 is 1.88 bits per heavy atom. The number of halogens is 1. The van der Waals surface area contributed by atoms with E-state index >= 15 is 0 Å². The molecule has 1 aliphatic heterocycles. The highest BCUT2D eigenvalue weighted by Gasteiger charge is 2.24. The Labute approximate surface area is 150 Å². The van der Waals surface area contributed by atoms with Crippen molar-refractivity contribution >= 4 is 0 Å². The van der Waals surface area contributed by atoms with Crippen molar-refractivity contribution in [3.05, 3.63) is 60.1 Å². The third kappa shape index (κ3) is 4.00. The highest BCUT2D eigenvalue weighted by atomic mass is 19.1. The summed E-state index contributed by atoms with van der Waals surface area (Å²) in [6.45, 7) is 2.71. The molecule has 0 amide bonds. The highest BCUT2D eigenvalue weighted by Crippen LogP contribution is 2.22. The van der Waals surface area contributed by atoms with Gasteiger partial charge in [0, 0.05) is 25.8 Å². The van der Waals surface area contributed by atoms with Gasteiger partial charge in [-0.3, -0.25) is 4.90 Å². The van der Waals surface area contributed by atoms with Crippen molar-refractivity contribution in [2.75, 3.05) is 13.2 Å². The average Bonchev–Trinajstić information content (AvgIpc) is 3.35. The fraction of sp³-hybridized carbons (Fsp3) is 0.368. The first-order valence-electron chi connectivity index (χ1n) is 8.69. The summed E-state index contributed by atoms with van der Waals surface area (Å²) < 4.78 is 29.2. The number of benzene rings is 1. The number of ether oxygens (including phenoxy) is 1. The third-order valence-electron chi connectivity index (χ3n) is 4.59. The van der Waals surface area contributed by atoms with Crippen LogP contribution in [0.15, 0.2) is 51.8 Å². The molecule has 0 unspecified atom stereocenters. The first-order chi connectivity index (χ1) is 12.8. The van der Waals surface area contributed by atoms with Crippen LogP contribution in [0.25, 0.3) is 11.4 Å². The summed E-state index contributed by atoms with van der Waals surface area (Å²) in [4.78, 5) is 6.77. The SMILES string of the molecule is Fc1ccc(CN(Cc2nc(-c3ccoc3)no2)C2CCOCC2)cc1. The standard InChI is InChI=1S/C19H20FN3O3/c20-16-3-1-14(2-4-16)11-23(17-6-9-24-10-7-17)12-18-21-19(22-26-18)15-5-8-25-13-15/h1-5,8,13,17H,6-7,9-12H2. The molecule has 2 aromatic heterocycles. The van der Waals surface area contributed by atoms with Gasteiger partial charge in [0.15, 0.2) is 0 Å². The summed E-state index contributed by atoms with van der Waals surface area (Å²) in [6.07, 6.45) is 5.06. The van der Waals surface area contributed by atoms with Gasteiger partial charge >= 0.3 is 0 Å². The molecule has 4 rings (SSSR count). The van der Waals surface area contributed by atoms with Crippen LogP contribution in [0.1, 0.15) is 24.3 Å². The summed E-state index contributed by atoms with van der Waals surface area (Å²) in [6, 6.07) is 8.75. The molecule has 3 heterocycles. The van der Waals surface area contributed by atoms with Crippen molar-refractivity contribution < 1.29 is 18.1 Å². The minimum atomic E-state index is -0.229. The minimum Gasteiger partial charge on any atom is -0.472 e. The Bertz CT molecular complexity index is 811. The molecule has 0 spiro atoms. The number of rotatable bonds is 6. The molecule has 1 fully saturated rings. The zero-order chi connectivity index (χ0) is 17.8. The number of hydrogen-bond acceptors (Lipinski definition) is 6. The van der Waals surface area contributed by atoms with Crippen molar-refractivity contribution in [2.24, 2.45) is 0 Å². The second-order valence-electron chi connectivity index (χ2n) is 6.40. The molecule has 6 nitrogen and oxygen atoms in total. The van der Waals surface area contributed by atoms with Crippen molar-refractivity contribution in [3.8, 4) is 11.4 Å². The number of aromatic nitrogens is 2. The van der Waals surface area contributed by atoms with Crippen molar-refractivity contribution in [3.63, 3.8) is 0 Å². The van der Waals surface area contributed by atoms with Gasteiger partial charge in [-0.25, -0.2) is 4.39 Å². The first kappa shape index (κ1) is 16.9. The van der Waals surface area contributed by atoms with Crippen molar-refractivity contribution in [1.29, 1.82) is 0 Å². The Kier molecular flexibility index (Phi) is 5.08. The Balaban J connectivity index is 1.51. The number of furan rings is 1. The van der Waals surface area contributed by atoms with E-state index in [0.29, 0.717) is 30.8 Å². The number of hydrogen-bond donors (Lipinski definition) is 0. The van der Waals surface area contributed by atoms with E-state index in [4.69, 9.17) is 13.7 Å². The molecule has 0 radical (unpaired) electrons. The van der Waals surface area contributed by atoms with Crippen LogP contribution in [0.2, 0.25) is 0 Å². The van der Waals surface area contributed by atoms with E-state index in [-0.39, 0.29) is 5.82 Å². The van der Waals surface area contributed by atoms with Gasteiger partial charge in [-0.2, -0.15) is 4.98 Å². The zero-order valence-corrected chi connectivity index (χ0v) is 14.3. The molecule has 3 aromatic rings.